The lowest BCUT2D eigenvalue weighted by Crippen LogP contribution is -2.10. The van der Waals surface area contributed by atoms with E-state index >= 15 is 0 Å². The van der Waals surface area contributed by atoms with Gasteiger partial charge in [0.25, 0.3) is 0 Å². The molecule has 0 aliphatic carbocycles. The van der Waals surface area contributed by atoms with Gasteiger partial charge < -0.3 is 0 Å². The molecule has 0 spiro atoms. The van der Waals surface area contributed by atoms with Crippen molar-refractivity contribution in [1.29, 1.82) is 0 Å². The van der Waals surface area contributed by atoms with E-state index in [2.05, 4.69) is 6.92 Å². The molecular weight excluding hydrogens is 208 g/mol. The second-order valence-corrected chi connectivity index (χ2v) is 4.44. The van der Waals surface area contributed by atoms with E-state index < -0.39 is 5.38 Å². The SMILES string of the molecule is CCCCc1ccc(C(=O)[C@H](C)Cl)cc1. The van der Waals surface area contributed by atoms with Gasteiger partial charge in [-0.25, -0.2) is 0 Å². The predicted molar refractivity (Wildman–Crippen MR) is 64.7 cm³/mol. The van der Waals surface area contributed by atoms with Crippen molar-refractivity contribution in [2.24, 2.45) is 0 Å². The number of Topliss-reactive ketones (excluding diaryl/α,β-unsaturated/α-hetero) is 1. The fourth-order valence-electron chi connectivity index (χ4n) is 1.45. The number of hydrogen-bond donors (Lipinski definition) is 0. The smallest absolute Gasteiger partial charge is 0.180 e. The Morgan fingerprint density at radius 1 is 1.33 bits per heavy atom. The van der Waals surface area contributed by atoms with E-state index in [0.29, 0.717) is 5.56 Å². The molecule has 0 saturated heterocycles. The first-order chi connectivity index (χ1) is 7.15. The van der Waals surface area contributed by atoms with Crippen molar-refractivity contribution in [1.82, 2.24) is 0 Å². The summed E-state index contributed by atoms with van der Waals surface area (Å²) < 4.78 is 0. The molecule has 0 fully saturated rings. The molecule has 0 radical (unpaired) electrons. The third-order valence-corrected chi connectivity index (χ3v) is 2.62. The van der Waals surface area contributed by atoms with Gasteiger partial charge in [0.2, 0.25) is 0 Å². The van der Waals surface area contributed by atoms with Gasteiger partial charge in [-0.3, -0.25) is 4.79 Å². The van der Waals surface area contributed by atoms with E-state index in [1.807, 2.05) is 24.3 Å². The highest BCUT2D eigenvalue weighted by atomic mass is 35.5. The summed E-state index contributed by atoms with van der Waals surface area (Å²) in [5, 5.41) is -0.438. The molecule has 0 bridgehead atoms. The van der Waals surface area contributed by atoms with Crippen molar-refractivity contribution < 1.29 is 4.79 Å². The summed E-state index contributed by atoms with van der Waals surface area (Å²) in [6, 6.07) is 7.77. The maximum absolute atomic E-state index is 11.5. The van der Waals surface area contributed by atoms with Crippen LogP contribution in [0, 0.1) is 0 Å². The number of aryl methyl sites for hydroxylation is 1. The van der Waals surface area contributed by atoms with Crippen molar-refractivity contribution in [2.45, 2.75) is 38.5 Å². The van der Waals surface area contributed by atoms with E-state index in [-0.39, 0.29) is 5.78 Å². The monoisotopic (exact) mass is 224 g/mol. The summed E-state index contributed by atoms with van der Waals surface area (Å²) in [7, 11) is 0. The van der Waals surface area contributed by atoms with Crippen LogP contribution >= 0.6 is 11.6 Å². The van der Waals surface area contributed by atoms with Crippen LogP contribution in [0.15, 0.2) is 24.3 Å². The molecule has 15 heavy (non-hydrogen) atoms. The molecule has 82 valence electrons. The van der Waals surface area contributed by atoms with Crippen LogP contribution in [0.1, 0.15) is 42.6 Å². The summed E-state index contributed by atoms with van der Waals surface area (Å²) in [6.07, 6.45) is 3.47. The Morgan fingerprint density at radius 2 is 1.93 bits per heavy atom. The molecule has 1 aromatic rings. The van der Waals surface area contributed by atoms with Gasteiger partial charge in [-0.05, 0) is 25.3 Å². The molecule has 1 atom stereocenters. The number of alkyl halides is 1. The summed E-state index contributed by atoms with van der Waals surface area (Å²) in [5.41, 5.74) is 1.99. The quantitative estimate of drug-likeness (QED) is 0.549. The standard InChI is InChI=1S/C13H17ClO/c1-3-4-5-11-6-8-12(9-7-11)13(15)10(2)14/h6-10H,3-5H2,1-2H3/t10-/m0/s1. The summed E-state index contributed by atoms with van der Waals surface area (Å²) in [6.45, 7) is 3.88. The fraction of sp³-hybridized carbons (Fsp3) is 0.462. The zero-order valence-corrected chi connectivity index (χ0v) is 10.1. The summed E-state index contributed by atoms with van der Waals surface area (Å²) in [4.78, 5) is 11.5. The lowest BCUT2D eigenvalue weighted by atomic mass is 10.0. The average molecular weight is 225 g/mol. The van der Waals surface area contributed by atoms with Gasteiger partial charge >= 0.3 is 0 Å². The number of benzene rings is 1. The first-order valence-corrected chi connectivity index (χ1v) is 5.86. The van der Waals surface area contributed by atoms with Crippen LogP contribution in [-0.2, 0) is 6.42 Å². The predicted octanol–water partition coefficient (Wildman–Crippen LogP) is 3.84. The molecule has 0 saturated carbocycles. The van der Waals surface area contributed by atoms with E-state index in [1.54, 1.807) is 6.92 Å². The van der Waals surface area contributed by atoms with Crippen molar-refractivity contribution >= 4 is 17.4 Å². The van der Waals surface area contributed by atoms with Gasteiger partial charge in [-0.1, -0.05) is 37.6 Å². The minimum absolute atomic E-state index is 0.00120. The minimum Gasteiger partial charge on any atom is -0.293 e. The van der Waals surface area contributed by atoms with Crippen LogP contribution < -0.4 is 0 Å². The first kappa shape index (κ1) is 12.3. The van der Waals surface area contributed by atoms with E-state index in [0.717, 1.165) is 6.42 Å². The van der Waals surface area contributed by atoms with Gasteiger partial charge in [-0.2, -0.15) is 0 Å². The lowest BCUT2D eigenvalue weighted by molar-refractivity contribution is 0.0992. The lowest BCUT2D eigenvalue weighted by Gasteiger charge is -2.04. The second kappa shape index (κ2) is 5.92. The maximum atomic E-state index is 11.5. The Balaban J connectivity index is 2.68. The minimum atomic E-state index is -0.438. The van der Waals surface area contributed by atoms with Crippen molar-refractivity contribution in [3.63, 3.8) is 0 Å². The molecule has 0 aliphatic rings. The molecular formula is C13H17ClO. The van der Waals surface area contributed by atoms with Crippen LogP contribution in [0.3, 0.4) is 0 Å². The molecule has 0 aromatic heterocycles. The first-order valence-electron chi connectivity index (χ1n) is 5.42. The third kappa shape index (κ3) is 3.67. The zero-order chi connectivity index (χ0) is 11.3. The summed E-state index contributed by atoms with van der Waals surface area (Å²) in [5.74, 6) is -0.00120. The maximum Gasteiger partial charge on any atom is 0.180 e. The van der Waals surface area contributed by atoms with Crippen molar-refractivity contribution in [3.8, 4) is 0 Å². The molecule has 1 nitrogen and oxygen atoms in total. The van der Waals surface area contributed by atoms with Crippen LogP contribution in [-0.4, -0.2) is 11.2 Å². The Bertz CT molecular complexity index is 314. The molecule has 1 rings (SSSR count). The molecule has 2 heteroatoms. The van der Waals surface area contributed by atoms with Crippen molar-refractivity contribution in [3.05, 3.63) is 35.4 Å². The summed E-state index contributed by atoms with van der Waals surface area (Å²) >= 11 is 5.74. The number of carbonyl (C=O) groups excluding carboxylic acids is 1. The van der Waals surface area contributed by atoms with Crippen LogP contribution in [0.2, 0.25) is 0 Å². The number of ketones is 1. The van der Waals surface area contributed by atoms with E-state index in [1.165, 1.54) is 18.4 Å². The fourth-order valence-corrected chi connectivity index (χ4v) is 1.57. The van der Waals surface area contributed by atoms with E-state index in [4.69, 9.17) is 11.6 Å². The molecule has 0 heterocycles. The number of hydrogen-bond acceptors (Lipinski definition) is 1. The topological polar surface area (TPSA) is 17.1 Å². The van der Waals surface area contributed by atoms with E-state index in [9.17, 15) is 4.79 Å². The Kier molecular flexibility index (Phi) is 4.83. The van der Waals surface area contributed by atoms with Gasteiger partial charge in [0.1, 0.15) is 0 Å². The number of rotatable bonds is 5. The molecule has 0 unspecified atom stereocenters. The largest absolute Gasteiger partial charge is 0.293 e. The molecule has 1 aromatic carbocycles. The Hall–Kier alpha value is -0.820. The van der Waals surface area contributed by atoms with Gasteiger partial charge in [-0.15, -0.1) is 11.6 Å². The number of carbonyl (C=O) groups is 1. The zero-order valence-electron chi connectivity index (χ0n) is 9.29. The van der Waals surface area contributed by atoms with Crippen LogP contribution in [0.25, 0.3) is 0 Å². The molecule has 0 N–H and O–H groups in total. The van der Waals surface area contributed by atoms with Gasteiger partial charge in [0, 0.05) is 5.56 Å². The number of unbranched alkanes of at least 4 members (excludes halogenated alkanes) is 1. The molecule has 0 amide bonds. The highest BCUT2D eigenvalue weighted by Crippen LogP contribution is 2.11. The average Bonchev–Trinajstić information content (AvgIpc) is 2.26. The molecule has 0 aliphatic heterocycles. The van der Waals surface area contributed by atoms with Crippen LogP contribution in [0.4, 0.5) is 0 Å². The Labute approximate surface area is 96.5 Å². The van der Waals surface area contributed by atoms with Gasteiger partial charge in [0.15, 0.2) is 5.78 Å². The number of halogens is 1. The van der Waals surface area contributed by atoms with Gasteiger partial charge in [0.05, 0.1) is 5.38 Å². The van der Waals surface area contributed by atoms with Crippen LogP contribution in [0.5, 0.6) is 0 Å². The highest BCUT2D eigenvalue weighted by Gasteiger charge is 2.11. The second-order valence-electron chi connectivity index (χ2n) is 3.78. The highest BCUT2D eigenvalue weighted by molar-refractivity contribution is 6.33. The van der Waals surface area contributed by atoms with Crippen molar-refractivity contribution in [2.75, 3.05) is 0 Å². The Morgan fingerprint density at radius 3 is 2.40 bits per heavy atom. The normalized spacial score (nSPS) is 12.5. The third-order valence-electron chi connectivity index (χ3n) is 2.42.